The fourth-order valence-corrected chi connectivity index (χ4v) is 7.37. The second kappa shape index (κ2) is 6.10. The number of hydrogen-bond donors (Lipinski definition) is 1. The smallest absolute Gasteiger partial charge is 0.307 e. The molecule has 4 rings (SSSR count). The van der Waals surface area contributed by atoms with Crippen molar-refractivity contribution < 1.29 is 19.4 Å². The lowest BCUT2D eigenvalue weighted by molar-refractivity contribution is -0.151. The minimum Gasteiger partial charge on any atom is -0.481 e. The molecule has 26 heavy (non-hydrogen) atoms. The third-order valence-electron chi connectivity index (χ3n) is 8.69. The van der Waals surface area contributed by atoms with Gasteiger partial charge in [-0.05, 0) is 73.5 Å². The first-order chi connectivity index (χ1) is 12.3. The van der Waals surface area contributed by atoms with Crippen LogP contribution in [-0.4, -0.2) is 23.1 Å². The molecule has 0 saturated heterocycles. The summed E-state index contributed by atoms with van der Waals surface area (Å²) in [5.74, 6) is 0.901. The van der Waals surface area contributed by atoms with E-state index in [1.807, 2.05) is 0 Å². The number of esters is 1. The monoisotopic (exact) mass is 360 g/mol. The standard InChI is InChI=1S/C22H32O4/c1-13(23)26-15-8-10-21(2)14(12-15)4-5-16-17-6-7-19(20(24)25)22(17,3)11-9-18(16)21/h4,15-19H,5-12H2,1-3H3,(H,24,25)/t15-,16-,17-,18-,19+,21+,22-/m1/s1. The molecule has 0 unspecified atom stereocenters. The zero-order valence-corrected chi connectivity index (χ0v) is 16.3. The second-order valence-corrected chi connectivity index (χ2v) is 9.75. The zero-order chi connectivity index (χ0) is 18.7. The van der Waals surface area contributed by atoms with Crippen molar-refractivity contribution in [3.05, 3.63) is 11.6 Å². The lowest BCUT2D eigenvalue weighted by atomic mass is 9.47. The summed E-state index contributed by atoms with van der Waals surface area (Å²) in [4.78, 5) is 23.1. The van der Waals surface area contributed by atoms with Crippen molar-refractivity contribution in [3.8, 4) is 0 Å². The number of hydrogen-bond acceptors (Lipinski definition) is 3. The molecule has 3 fully saturated rings. The Morgan fingerprint density at radius 3 is 2.58 bits per heavy atom. The number of fused-ring (bicyclic) bond motifs is 5. The maximum atomic E-state index is 11.8. The van der Waals surface area contributed by atoms with Gasteiger partial charge >= 0.3 is 11.9 Å². The Kier molecular flexibility index (Phi) is 4.24. The van der Waals surface area contributed by atoms with E-state index in [9.17, 15) is 14.7 Å². The third-order valence-corrected chi connectivity index (χ3v) is 8.69. The lowest BCUT2D eigenvalue weighted by Gasteiger charge is -2.57. The summed E-state index contributed by atoms with van der Waals surface area (Å²) in [6.07, 6.45) is 10.6. The molecule has 144 valence electrons. The third kappa shape index (κ3) is 2.55. The van der Waals surface area contributed by atoms with E-state index in [4.69, 9.17) is 4.74 Å². The number of carboxylic acids is 1. The summed E-state index contributed by atoms with van der Waals surface area (Å²) in [7, 11) is 0. The minimum atomic E-state index is -0.589. The van der Waals surface area contributed by atoms with Gasteiger partial charge in [-0.25, -0.2) is 0 Å². The summed E-state index contributed by atoms with van der Waals surface area (Å²) in [6, 6.07) is 0. The van der Waals surface area contributed by atoms with Crippen LogP contribution < -0.4 is 0 Å². The predicted molar refractivity (Wildman–Crippen MR) is 98.4 cm³/mol. The SMILES string of the molecule is CC(=O)O[C@@H]1CC[C@@]2(C)C(=CC[C@@H]3[C@H]4CC[C@@H](C(=O)O)[C@]4(C)CC[C@H]32)C1. The fourth-order valence-electron chi connectivity index (χ4n) is 7.37. The largest absolute Gasteiger partial charge is 0.481 e. The molecule has 0 aromatic heterocycles. The summed E-state index contributed by atoms with van der Waals surface area (Å²) < 4.78 is 5.50. The van der Waals surface area contributed by atoms with Crippen LogP contribution in [0.4, 0.5) is 0 Å². The van der Waals surface area contributed by atoms with Crippen molar-refractivity contribution in [3.63, 3.8) is 0 Å². The van der Waals surface area contributed by atoms with Crippen molar-refractivity contribution in [2.45, 2.75) is 78.2 Å². The molecule has 0 aromatic carbocycles. The number of aliphatic carboxylic acids is 1. The molecule has 0 aromatic rings. The van der Waals surface area contributed by atoms with Crippen LogP contribution in [0.15, 0.2) is 11.6 Å². The van der Waals surface area contributed by atoms with E-state index in [-0.39, 0.29) is 28.8 Å². The molecule has 1 N–H and O–H groups in total. The number of allylic oxidation sites excluding steroid dienone is 1. The number of carboxylic acid groups (broad SMARTS) is 1. The normalized spacial score (nSPS) is 47.2. The zero-order valence-electron chi connectivity index (χ0n) is 16.3. The molecular formula is C22H32O4. The van der Waals surface area contributed by atoms with Gasteiger partial charge in [0, 0.05) is 13.3 Å². The molecule has 4 aliphatic rings. The van der Waals surface area contributed by atoms with E-state index in [1.54, 1.807) is 0 Å². The van der Waals surface area contributed by atoms with Crippen LogP contribution in [-0.2, 0) is 14.3 Å². The molecule has 4 nitrogen and oxygen atoms in total. The van der Waals surface area contributed by atoms with Gasteiger partial charge < -0.3 is 9.84 Å². The highest BCUT2D eigenvalue weighted by Crippen LogP contribution is 2.66. The molecule has 7 atom stereocenters. The quantitative estimate of drug-likeness (QED) is 0.578. The Morgan fingerprint density at radius 1 is 1.12 bits per heavy atom. The minimum absolute atomic E-state index is 0.0242. The van der Waals surface area contributed by atoms with Gasteiger partial charge in [-0.2, -0.15) is 0 Å². The van der Waals surface area contributed by atoms with Crippen LogP contribution in [0.25, 0.3) is 0 Å². The number of carbonyl (C=O) groups is 2. The van der Waals surface area contributed by atoms with E-state index < -0.39 is 5.97 Å². The molecule has 0 heterocycles. The first kappa shape index (κ1) is 18.1. The van der Waals surface area contributed by atoms with Gasteiger partial charge in [-0.15, -0.1) is 0 Å². The average Bonchev–Trinajstić information content (AvgIpc) is 2.92. The number of ether oxygens (including phenoxy) is 1. The van der Waals surface area contributed by atoms with E-state index in [0.29, 0.717) is 17.8 Å². The van der Waals surface area contributed by atoms with Crippen LogP contribution in [0.1, 0.15) is 72.1 Å². The van der Waals surface area contributed by atoms with E-state index in [2.05, 4.69) is 19.9 Å². The Labute approximate surface area is 156 Å². The molecular weight excluding hydrogens is 328 g/mol. The first-order valence-electron chi connectivity index (χ1n) is 10.4. The molecule has 0 radical (unpaired) electrons. The van der Waals surface area contributed by atoms with Crippen molar-refractivity contribution >= 4 is 11.9 Å². The molecule has 3 saturated carbocycles. The molecule has 4 heteroatoms. The van der Waals surface area contributed by atoms with Crippen LogP contribution in [0.5, 0.6) is 0 Å². The van der Waals surface area contributed by atoms with Crippen molar-refractivity contribution in [1.29, 1.82) is 0 Å². The maximum Gasteiger partial charge on any atom is 0.307 e. The number of rotatable bonds is 2. The highest BCUT2D eigenvalue weighted by Gasteiger charge is 2.60. The Bertz CT molecular complexity index is 653. The molecule has 0 aliphatic heterocycles. The molecule has 4 aliphatic carbocycles. The van der Waals surface area contributed by atoms with Gasteiger partial charge in [0.2, 0.25) is 0 Å². The molecule has 0 spiro atoms. The second-order valence-electron chi connectivity index (χ2n) is 9.75. The van der Waals surface area contributed by atoms with Gasteiger partial charge in [0.1, 0.15) is 6.10 Å². The van der Waals surface area contributed by atoms with E-state index in [1.165, 1.54) is 12.5 Å². The van der Waals surface area contributed by atoms with Crippen LogP contribution >= 0.6 is 0 Å². The summed E-state index contributed by atoms with van der Waals surface area (Å²) in [6.45, 7) is 6.17. The van der Waals surface area contributed by atoms with Crippen LogP contribution in [0.3, 0.4) is 0 Å². The van der Waals surface area contributed by atoms with Crippen LogP contribution in [0, 0.1) is 34.5 Å². The summed E-state index contributed by atoms with van der Waals surface area (Å²) in [5, 5.41) is 9.70. The molecule has 0 amide bonds. The predicted octanol–water partition coefficient (Wildman–Crippen LogP) is 4.58. The fraction of sp³-hybridized carbons (Fsp3) is 0.818. The van der Waals surface area contributed by atoms with Gasteiger partial charge in [-0.1, -0.05) is 25.5 Å². The highest BCUT2D eigenvalue weighted by molar-refractivity contribution is 5.71. The summed E-state index contributed by atoms with van der Waals surface area (Å²) in [5.41, 5.74) is 1.68. The molecule has 0 bridgehead atoms. The van der Waals surface area contributed by atoms with Crippen molar-refractivity contribution in [1.82, 2.24) is 0 Å². The Hall–Kier alpha value is -1.32. The van der Waals surface area contributed by atoms with Crippen LogP contribution in [0.2, 0.25) is 0 Å². The van der Waals surface area contributed by atoms with Gasteiger partial charge in [0.25, 0.3) is 0 Å². The number of carbonyl (C=O) groups excluding carboxylic acids is 1. The van der Waals surface area contributed by atoms with E-state index in [0.717, 1.165) is 51.4 Å². The topological polar surface area (TPSA) is 63.6 Å². The Balaban J connectivity index is 1.59. The average molecular weight is 360 g/mol. The van der Waals surface area contributed by atoms with Gasteiger partial charge in [-0.3, -0.25) is 9.59 Å². The van der Waals surface area contributed by atoms with Gasteiger partial charge in [0.15, 0.2) is 0 Å². The van der Waals surface area contributed by atoms with Gasteiger partial charge in [0.05, 0.1) is 5.92 Å². The maximum absolute atomic E-state index is 11.8. The summed E-state index contributed by atoms with van der Waals surface area (Å²) >= 11 is 0. The van der Waals surface area contributed by atoms with Crippen molar-refractivity contribution in [2.75, 3.05) is 0 Å². The first-order valence-corrected chi connectivity index (χ1v) is 10.4. The van der Waals surface area contributed by atoms with Crippen molar-refractivity contribution in [2.24, 2.45) is 34.5 Å². The lowest BCUT2D eigenvalue weighted by Crippen LogP contribution is -2.51. The highest BCUT2D eigenvalue weighted by atomic mass is 16.5. The Morgan fingerprint density at radius 2 is 1.88 bits per heavy atom. The van der Waals surface area contributed by atoms with E-state index >= 15 is 0 Å².